The van der Waals surface area contributed by atoms with Crippen molar-refractivity contribution >= 4 is 5.82 Å². The van der Waals surface area contributed by atoms with Crippen LogP contribution in [0.1, 0.15) is 17.7 Å². The molecule has 5 heteroatoms. The molecule has 0 N–H and O–H groups in total. The lowest BCUT2D eigenvalue weighted by molar-refractivity contribution is -0.0267. The molecule has 2 aliphatic rings. The third-order valence-corrected chi connectivity index (χ3v) is 3.00. The zero-order valence-corrected chi connectivity index (χ0v) is 8.21. The quantitative estimate of drug-likeness (QED) is 0.703. The van der Waals surface area contributed by atoms with Crippen molar-refractivity contribution in [2.75, 3.05) is 18.0 Å². The first kappa shape index (κ1) is 9.00. The highest BCUT2D eigenvalue weighted by Gasteiger charge is 2.45. The van der Waals surface area contributed by atoms with Crippen molar-refractivity contribution in [3.63, 3.8) is 0 Å². The van der Waals surface area contributed by atoms with Crippen LogP contribution >= 0.6 is 0 Å². The van der Waals surface area contributed by atoms with E-state index in [4.69, 9.17) is 0 Å². The second kappa shape index (κ2) is 2.87. The summed E-state index contributed by atoms with van der Waals surface area (Å²) in [6.45, 7) is -0.396. The molecule has 1 aromatic rings. The van der Waals surface area contributed by atoms with E-state index in [9.17, 15) is 8.78 Å². The maximum atomic E-state index is 12.7. The molecule has 2 heterocycles. The molecule has 1 saturated heterocycles. The number of anilines is 1. The number of nitrogens with zero attached hydrogens (tertiary/aromatic N) is 3. The van der Waals surface area contributed by atoms with Crippen molar-refractivity contribution in [3.05, 3.63) is 17.6 Å². The lowest BCUT2D eigenvalue weighted by atomic mass is 10.1. The monoisotopic (exact) mass is 211 g/mol. The van der Waals surface area contributed by atoms with Gasteiger partial charge < -0.3 is 4.90 Å². The smallest absolute Gasteiger partial charge is 0.282 e. The predicted molar refractivity (Wildman–Crippen MR) is 51.2 cm³/mol. The topological polar surface area (TPSA) is 29.0 Å². The van der Waals surface area contributed by atoms with Gasteiger partial charge in [-0.1, -0.05) is 0 Å². The number of rotatable bonds is 1. The lowest BCUT2D eigenvalue weighted by Crippen LogP contribution is -2.57. The van der Waals surface area contributed by atoms with E-state index in [1.165, 1.54) is 6.33 Å². The highest BCUT2D eigenvalue weighted by molar-refractivity contribution is 5.53. The molecular weight excluding hydrogens is 200 g/mol. The average molecular weight is 211 g/mol. The summed E-state index contributed by atoms with van der Waals surface area (Å²) in [6, 6.07) is 0. The summed E-state index contributed by atoms with van der Waals surface area (Å²) >= 11 is 0. The summed E-state index contributed by atoms with van der Waals surface area (Å²) in [5.74, 6) is -1.81. The van der Waals surface area contributed by atoms with Gasteiger partial charge in [-0.05, 0) is 19.3 Å². The molecule has 1 fully saturated rings. The number of hydrogen-bond acceptors (Lipinski definition) is 3. The van der Waals surface area contributed by atoms with Gasteiger partial charge in [-0.15, -0.1) is 0 Å². The van der Waals surface area contributed by atoms with Crippen molar-refractivity contribution in [2.45, 2.75) is 25.2 Å². The first-order valence-electron chi connectivity index (χ1n) is 5.11. The van der Waals surface area contributed by atoms with Crippen molar-refractivity contribution < 1.29 is 8.78 Å². The lowest BCUT2D eigenvalue weighted by Gasteiger charge is -2.40. The van der Waals surface area contributed by atoms with Crippen molar-refractivity contribution in [2.24, 2.45) is 0 Å². The summed E-state index contributed by atoms with van der Waals surface area (Å²) in [7, 11) is 0. The van der Waals surface area contributed by atoms with E-state index in [1.54, 1.807) is 4.90 Å². The Bertz CT molecular complexity index is 398. The van der Waals surface area contributed by atoms with Crippen LogP contribution in [0.15, 0.2) is 6.33 Å². The van der Waals surface area contributed by atoms with E-state index in [0.717, 1.165) is 36.3 Å². The molecule has 0 amide bonds. The van der Waals surface area contributed by atoms with Gasteiger partial charge in [0, 0.05) is 11.3 Å². The summed E-state index contributed by atoms with van der Waals surface area (Å²) in [6.07, 6.45) is 4.42. The van der Waals surface area contributed by atoms with Crippen LogP contribution in [-0.2, 0) is 12.8 Å². The van der Waals surface area contributed by atoms with Gasteiger partial charge in [-0.2, -0.15) is 0 Å². The number of halogens is 2. The molecule has 3 rings (SSSR count). The van der Waals surface area contributed by atoms with E-state index in [0.29, 0.717) is 0 Å². The molecule has 0 atom stereocenters. The highest BCUT2D eigenvalue weighted by Crippen LogP contribution is 2.35. The first-order chi connectivity index (χ1) is 7.16. The second-order valence-corrected chi connectivity index (χ2v) is 4.19. The van der Waals surface area contributed by atoms with Crippen molar-refractivity contribution in [1.29, 1.82) is 0 Å². The minimum Gasteiger partial charge on any atom is -0.344 e. The minimum atomic E-state index is -2.53. The number of aryl methyl sites for hydroxylation is 1. The standard InChI is InChI=1S/C10H11F2N3/c11-10(12)4-15(5-10)9-7-2-1-3-8(7)13-6-14-9/h6H,1-5H2. The Hall–Kier alpha value is -1.26. The molecule has 80 valence electrons. The first-order valence-corrected chi connectivity index (χ1v) is 5.11. The third kappa shape index (κ3) is 1.37. The SMILES string of the molecule is FC1(F)CN(c2ncnc3c2CCC3)C1. The Kier molecular flexibility index (Phi) is 1.72. The Morgan fingerprint density at radius 1 is 1.20 bits per heavy atom. The average Bonchev–Trinajstić information content (AvgIpc) is 2.60. The minimum absolute atomic E-state index is 0.198. The van der Waals surface area contributed by atoms with E-state index >= 15 is 0 Å². The number of aromatic nitrogens is 2. The Morgan fingerprint density at radius 2 is 2.00 bits per heavy atom. The largest absolute Gasteiger partial charge is 0.344 e. The Labute approximate surface area is 86.1 Å². The van der Waals surface area contributed by atoms with Crippen LogP contribution in [-0.4, -0.2) is 29.0 Å². The molecule has 0 aromatic carbocycles. The van der Waals surface area contributed by atoms with Gasteiger partial charge in [0.15, 0.2) is 0 Å². The zero-order valence-electron chi connectivity index (χ0n) is 8.21. The van der Waals surface area contributed by atoms with Crippen molar-refractivity contribution in [1.82, 2.24) is 9.97 Å². The summed E-state index contributed by atoms with van der Waals surface area (Å²) < 4.78 is 25.5. The van der Waals surface area contributed by atoms with Gasteiger partial charge in [0.25, 0.3) is 5.92 Å². The molecule has 3 nitrogen and oxygen atoms in total. The molecule has 0 bridgehead atoms. The van der Waals surface area contributed by atoms with Gasteiger partial charge in [0.2, 0.25) is 0 Å². The van der Waals surface area contributed by atoms with Gasteiger partial charge in [-0.3, -0.25) is 0 Å². The fourth-order valence-electron chi connectivity index (χ4n) is 2.28. The van der Waals surface area contributed by atoms with Gasteiger partial charge in [0.05, 0.1) is 13.1 Å². The summed E-state index contributed by atoms with van der Waals surface area (Å²) in [4.78, 5) is 9.94. The zero-order chi connectivity index (χ0) is 10.5. The molecule has 0 radical (unpaired) electrons. The van der Waals surface area contributed by atoms with Crippen LogP contribution < -0.4 is 4.90 Å². The van der Waals surface area contributed by atoms with Crippen LogP contribution in [0.4, 0.5) is 14.6 Å². The van der Waals surface area contributed by atoms with Gasteiger partial charge in [0.1, 0.15) is 12.1 Å². The van der Waals surface area contributed by atoms with Gasteiger partial charge in [-0.25, -0.2) is 18.7 Å². The van der Waals surface area contributed by atoms with Crippen LogP contribution in [0.5, 0.6) is 0 Å². The van der Waals surface area contributed by atoms with E-state index in [2.05, 4.69) is 9.97 Å². The molecule has 15 heavy (non-hydrogen) atoms. The van der Waals surface area contributed by atoms with Gasteiger partial charge >= 0.3 is 0 Å². The molecule has 1 aliphatic carbocycles. The fourth-order valence-corrected chi connectivity index (χ4v) is 2.28. The Morgan fingerprint density at radius 3 is 2.73 bits per heavy atom. The third-order valence-electron chi connectivity index (χ3n) is 3.00. The maximum Gasteiger partial charge on any atom is 0.282 e. The van der Waals surface area contributed by atoms with Crippen LogP contribution in [0, 0.1) is 0 Å². The molecule has 0 saturated carbocycles. The molecular formula is C10H11F2N3. The van der Waals surface area contributed by atoms with Crippen LogP contribution in [0.3, 0.4) is 0 Å². The van der Waals surface area contributed by atoms with E-state index in [-0.39, 0.29) is 13.1 Å². The van der Waals surface area contributed by atoms with Crippen LogP contribution in [0.25, 0.3) is 0 Å². The molecule has 1 aromatic heterocycles. The summed E-state index contributed by atoms with van der Waals surface area (Å²) in [5.41, 5.74) is 2.11. The second-order valence-electron chi connectivity index (χ2n) is 4.19. The molecule has 0 unspecified atom stereocenters. The van der Waals surface area contributed by atoms with E-state index in [1.807, 2.05) is 0 Å². The number of alkyl halides is 2. The predicted octanol–water partition coefficient (Wildman–Crippen LogP) is 1.42. The fraction of sp³-hybridized carbons (Fsp3) is 0.600. The maximum absolute atomic E-state index is 12.7. The van der Waals surface area contributed by atoms with Crippen molar-refractivity contribution in [3.8, 4) is 0 Å². The summed E-state index contributed by atoms with van der Waals surface area (Å²) in [5, 5.41) is 0. The van der Waals surface area contributed by atoms with E-state index < -0.39 is 5.92 Å². The Balaban J connectivity index is 1.91. The molecule has 0 spiro atoms. The normalized spacial score (nSPS) is 22.4. The number of fused-ring (bicyclic) bond motifs is 1. The number of hydrogen-bond donors (Lipinski definition) is 0. The highest BCUT2D eigenvalue weighted by atomic mass is 19.3. The molecule has 1 aliphatic heterocycles. The van der Waals surface area contributed by atoms with Crippen LogP contribution in [0.2, 0.25) is 0 Å².